The van der Waals surface area contributed by atoms with Crippen LogP contribution >= 0.6 is 34.8 Å². The van der Waals surface area contributed by atoms with E-state index in [9.17, 15) is 14.4 Å². The highest BCUT2D eigenvalue weighted by Gasteiger charge is 2.36. The summed E-state index contributed by atoms with van der Waals surface area (Å²) < 4.78 is 0. The number of nitrogens with two attached hydrogens (primary N) is 1. The van der Waals surface area contributed by atoms with Crippen LogP contribution < -0.4 is 31.1 Å². The number of rotatable bonds is 7. The zero-order valence-electron chi connectivity index (χ0n) is 51.4. The van der Waals surface area contributed by atoms with E-state index in [-0.39, 0.29) is 35.6 Å². The Morgan fingerprint density at radius 1 is 0.330 bits per heavy atom. The van der Waals surface area contributed by atoms with Gasteiger partial charge in [-0.15, -0.1) is 0 Å². The molecule has 0 fully saturated rings. The lowest BCUT2D eigenvalue weighted by molar-refractivity contribution is 0.0977. The molecule has 9 nitrogen and oxygen atoms in total. The van der Waals surface area contributed by atoms with E-state index in [1.807, 2.05) is 216 Å². The van der Waals surface area contributed by atoms with E-state index in [1.165, 1.54) is 5.56 Å². The predicted octanol–water partition coefficient (Wildman–Crippen LogP) is 20.1. The predicted molar refractivity (Wildman–Crippen MR) is 385 cm³/mol. The van der Waals surface area contributed by atoms with Crippen LogP contribution in [0.25, 0.3) is 0 Å². The van der Waals surface area contributed by atoms with E-state index in [0.29, 0.717) is 36.4 Å². The summed E-state index contributed by atoms with van der Waals surface area (Å²) >= 11 is 20.0. The van der Waals surface area contributed by atoms with Crippen molar-refractivity contribution in [2.45, 2.75) is 37.4 Å². The van der Waals surface area contributed by atoms with Crippen LogP contribution in [-0.2, 0) is 19.6 Å². The number of hydrogen-bond donors (Lipinski definition) is 3. The molecule has 3 atom stereocenters. The molecule has 12 aromatic rings. The normalized spacial score (nSPS) is 14.9. The van der Waals surface area contributed by atoms with Crippen molar-refractivity contribution >= 4 is 86.8 Å². The van der Waals surface area contributed by atoms with E-state index in [4.69, 9.17) is 40.5 Å². The number of urea groups is 1. The molecule has 0 spiro atoms. The van der Waals surface area contributed by atoms with Gasteiger partial charge < -0.3 is 26.2 Å². The maximum Gasteiger partial charge on any atom is 0.326 e. The average molecular weight is 1290 g/mol. The van der Waals surface area contributed by atoms with Crippen LogP contribution in [0.1, 0.15) is 105 Å². The molecule has 12 aromatic carbocycles. The van der Waals surface area contributed by atoms with Gasteiger partial charge in [0, 0.05) is 85.1 Å². The van der Waals surface area contributed by atoms with Crippen molar-refractivity contribution in [2.24, 2.45) is 0 Å². The first kappa shape index (κ1) is 62.1. The van der Waals surface area contributed by atoms with Gasteiger partial charge in [-0.1, -0.05) is 235 Å². The number of fused-ring (bicyclic) bond motifs is 6. The molecule has 12 heteroatoms. The average Bonchev–Trinajstić information content (AvgIpc) is 1.60. The minimum atomic E-state index is -0.159. The SMILES string of the molecule is CNc1ccc(C(=O)N2Cc3ccccc3C(c3ccccc3Cl)c3ccccc32)cc1.Nc1ccc(C(=O)N2Cc3ccccc3C(c3ccccc3Cl)c3ccccc32)cc1.O=C(Nc1ccccc1)N1Cc2ccccc2C(c2ccccc2Cl)c2ccccc21. The van der Waals surface area contributed by atoms with Gasteiger partial charge in [0.15, 0.2) is 0 Å². The molecule has 3 aliphatic rings. The van der Waals surface area contributed by atoms with Gasteiger partial charge in [0.2, 0.25) is 0 Å². The third-order valence-corrected chi connectivity index (χ3v) is 18.7. The van der Waals surface area contributed by atoms with Gasteiger partial charge in [-0.3, -0.25) is 14.5 Å². The zero-order chi connectivity index (χ0) is 64.7. The third-order valence-electron chi connectivity index (χ3n) is 17.7. The molecule has 0 bridgehead atoms. The number of halogens is 3. The zero-order valence-corrected chi connectivity index (χ0v) is 53.7. The fraction of sp³-hybridized carbons (Fsp3) is 0.0854. The molecule has 0 aromatic heterocycles. The number of benzene rings is 12. The maximum atomic E-state index is 13.7. The van der Waals surface area contributed by atoms with Gasteiger partial charge in [0.1, 0.15) is 0 Å². The smallest absolute Gasteiger partial charge is 0.326 e. The molecule has 0 aliphatic carbocycles. The van der Waals surface area contributed by atoms with Crippen molar-refractivity contribution in [1.29, 1.82) is 0 Å². The third kappa shape index (κ3) is 12.8. The Kier molecular flexibility index (Phi) is 18.5. The molecular weight excluding hydrogens is 1220 g/mol. The summed E-state index contributed by atoms with van der Waals surface area (Å²) in [7, 11) is 1.87. The Balaban J connectivity index is 0.000000128. The summed E-state index contributed by atoms with van der Waals surface area (Å²) in [6, 6.07) is 97.2. The molecule has 462 valence electrons. The highest BCUT2D eigenvalue weighted by molar-refractivity contribution is 6.32. The van der Waals surface area contributed by atoms with E-state index < -0.39 is 0 Å². The standard InChI is InChI=1S/C28H23ClN2O.2C27H21ClN2O/c1-30-21-16-14-19(15-17-21)28(32)31-18-20-8-2-3-9-22(20)27(23-10-4-6-12-25(23)29)24-11-5-7-13-26(24)31;28-24-11-5-3-9-22(24)26-21-8-2-1-7-19(21)17-30(25-12-6-4-10-23(25)26)27(31)18-13-15-20(29)16-14-18;28-24-16-8-6-14-22(24)26-21-13-5-4-10-19(21)18-30(25-17-9-7-15-23(25)26)27(31)29-20-11-2-1-3-12-20/h2-17,27,30H,18H2,1H3;1-16,26H,17,29H2;1-17,26H,18H2,(H,29,31). The second-order valence-electron chi connectivity index (χ2n) is 23.3. The van der Waals surface area contributed by atoms with Crippen molar-refractivity contribution in [2.75, 3.05) is 38.1 Å². The molecule has 0 saturated heterocycles. The van der Waals surface area contributed by atoms with Gasteiger partial charge in [-0.25, -0.2) is 4.79 Å². The van der Waals surface area contributed by atoms with Gasteiger partial charge in [0.25, 0.3) is 11.8 Å². The van der Waals surface area contributed by atoms with Crippen molar-refractivity contribution in [3.8, 4) is 0 Å². The summed E-state index contributed by atoms with van der Waals surface area (Å²) in [6.07, 6.45) is 0. The summed E-state index contributed by atoms with van der Waals surface area (Å²) in [5.41, 5.74) is 25.3. The van der Waals surface area contributed by atoms with Crippen LogP contribution in [0.3, 0.4) is 0 Å². The van der Waals surface area contributed by atoms with Crippen molar-refractivity contribution in [3.05, 3.63) is 390 Å². The second-order valence-corrected chi connectivity index (χ2v) is 24.5. The summed E-state index contributed by atoms with van der Waals surface area (Å²) in [5, 5.41) is 8.31. The summed E-state index contributed by atoms with van der Waals surface area (Å²) in [5.74, 6) is -0.252. The molecule has 94 heavy (non-hydrogen) atoms. The minimum Gasteiger partial charge on any atom is -0.399 e. The van der Waals surface area contributed by atoms with E-state index in [0.717, 1.165) is 105 Å². The molecular formula is C82H65Cl3N6O3. The number of hydrogen-bond acceptors (Lipinski definition) is 5. The van der Waals surface area contributed by atoms with Crippen LogP contribution in [-0.4, -0.2) is 24.9 Å². The first-order chi connectivity index (χ1) is 46.0. The number of para-hydroxylation sites is 4. The highest BCUT2D eigenvalue weighted by atomic mass is 35.5. The molecule has 0 saturated carbocycles. The Bertz CT molecular complexity index is 4740. The summed E-state index contributed by atoms with van der Waals surface area (Å²) in [4.78, 5) is 46.3. The van der Waals surface area contributed by atoms with E-state index in [1.54, 1.807) is 24.3 Å². The van der Waals surface area contributed by atoms with Crippen molar-refractivity contribution in [1.82, 2.24) is 0 Å². The largest absolute Gasteiger partial charge is 0.399 e. The number of carbonyl (C=O) groups excluding carboxylic acids is 3. The highest BCUT2D eigenvalue weighted by Crippen LogP contribution is 2.48. The maximum absolute atomic E-state index is 13.7. The van der Waals surface area contributed by atoms with E-state index in [2.05, 4.69) is 89.5 Å². The molecule has 4 amide bonds. The van der Waals surface area contributed by atoms with Crippen molar-refractivity contribution in [3.63, 3.8) is 0 Å². The van der Waals surface area contributed by atoms with Crippen molar-refractivity contribution < 1.29 is 14.4 Å². The topological polar surface area (TPSA) is 111 Å². The molecule has 15 rings (SSSR count). The molecule has 3 aliphatic heterocycles. The van der Waals surface area contributed by atoms with Gasteiger partial charge >= 0.3 is 6.03 Å². The molecule has 3 unspecified atom stereocenters. The fourth-order valence-electron chi connectivity index (χ4n) is 13.2. The Labute approximate surface area is 563 Å². The molecule has 0 radical (unpaired) electrons. The fourth-order valence-corrected chi connectivity index (χ4v) is 13.9. The van der Waals surface area contributed by atoms with Gasteiger partial charge in [-0.05, 0) is 164 Å². The van der Waals surface area contributed by atoms with Crippen LogP contribution in [0.5, 0.6) is 0 Å². The number of carbonyl (C=O) groups is 3. The van der Waals surface area contributed by atoms with Crippen LogP contribution in [0, 0.1) is 0 Å². The lowest BCUT2D eigenvalue weighted by Crippen LogP contribution is -2.34. The minimum absolute atomic E-state index is 0.0188. The lowest BCUT2D eigenvalue weighted by atomic mass is 9.83. The Morgan fingerprint density at radius 3 is 1.00 bits per heavy atom. The lowest BCUT2D eigenvalue weighted by Gasteiger charge is -2.25. The van der Waals surface area contributed by atoms with Crippen LogP contribution in [0.15, 0.2) is 297 Å². The first-order valence-corrected chi connectivity index (χ1v) is 32.3. The first-order valence-electron chi connectivity index (χ1n) is 31.2. The molecule has 3 heterocycles. The number of nitrogen functional groups attached to an aromatic ring is 1. The number of anilines is 6. The summed E-state index contributed by atoms with van der Waals surface area (Å²) in [6.45, 7) is 1.46. The molecule has 4 N–H and O–H groups in total. The monoisotopic (exact) mass is 1290 g/mol. The van der Waals surface area contributed by atoms with Crippen LogP contribution in [0.4, 0.5) is 38.9 Å². The van der Waals surface area contributed by atoms with Gasteiger partial charge in [0.05, 0.1) is 19.6 Å². The second kappa shape index (κ2) is 28.0. The number of nitrogens with one attached hydrogen (secondary N) is 2. The van der Waals surface area contributed by atoms with Crippen LogP contribution in [0.2, 0.25) is 15.1 Å². The number of nitrogens with zero attached hydrogens (tertiary/aromatic N) is 3. The van der Waals surface area contributed by atoms with E-state index >= 15 is 0 Å². The number of amides is 4. The van der Waals surface area contributed by atoms with Gasteiger partial charge in [-0.2, -0.15) is 0 Å². The quantitative estimate of drug-likeness (QED) is 0.138. The Hall–Kier alpha value is -10.7. The Morgan fingerprint density at radius 2 is 0.628 bits per heavy atom.